The van der Waals surface area contributed by atoms with Crippen molar-refractivity contribution >= 4 is 0 Å². The largest absolute Gasteiger partial charge is 0.390 e. The van der Waals surface area contributed by atoms with Crippen molar-refractivity contribution in [2.45, 2.75) is 39.0 Å². The topological polar surface area (TPSA) is 52.5 Å². The number of likely N-dealkylation sites (N-methyl/N-ethyl adjacent to an activating group) is 1. The fraction of sp³-hybridized carbons (Fsp3) is 0.500. The first kappa shape index (κ1) is 18.0. The average Bonchev–Trinajstić information content (AvgIpc) is 2.61. The van der Waals surface area contributed by atoms with Crippen LogP contribution >= 0.6 is 0 Å². The zero-order valence-corrected chi connectivity index (χ0v) is 15.2. The molecule has 1 atom stereocenters. The normalized spacial score (nSPS) is 16.0. The number of benzene rings is 1. The van der Waals surface area contributed by atoms with Crippen LogP contribution in [0.4, 0.5) is 0 Å². The first-order valence-corrected chi connectivity index (χ1v) is 9.10. The highest BCUT2D eigenvalue weighted by molar-refractivity contribution is 5.20. The van der Waals surface area contributed by atoms with Crippen molar-refractivity contribution in [3.63, 3.8) is 0 Å². The third-order valence-electron chi connectivity index (χ3n) is 4.68. The Labute approximate surface area is 150 Å². The minimum absolute atomic E-state index is 0.359. The Balaban J connectivity index is 1.50. The number of hydrogen-bond acceptors (Lipinski definition) is 5. The molecule has 0 bridgehead atoms. The third-order valence-corrected chi connectivity index (χ3v) is 4.68. The molecule has 134 valence electrons. The van der Waals surface area contributed by atoms with Gasteiger partial charge in [0.15, 0.2) is 0 Å². The zero-order chi connectivity index (χ0) is 17.6. The molecule has 1 aliphatic rings. The van der Waals surface area contributed by atoms with E-state index < -0.39 is 0 Å². The van der Waals surface area contributed by atoms with Gasteiger partial charge < -0.3 is 5.11 Å². The molecule has 2 aromatic rings. The van der Waals surface area contributed by atoms with E-state index >= 15 is 0 Å². The van der Waals surface area contributed by atoms with Gasteiger partial charge in [0.05, 0.1) is 11.8 Å². The van der Waals surface area contributed by atoms with Crippen molar-refractivity contribution in [2.75, 3.05) is 26.7 Å². The third kappa shape index (κ3) is 5.08. The lowest BCUT2D eigenvalue weighted by Crippen LogP contribution is -2.41. The van der Waals surface area contributed by atoms with Gasteiger partial charge in [-0.25, -0.2) is 9.97 Å². The number of nitrogens with zero attached hydrogens (tertiary/aromatic N) is 4. The summed E-state index contributed by atoms with van der Waals surface area (Å²) in [7, 11) is 2.06. The van der Waals surface area contributed by atoms with Crippen LogP contribution in [-0.2, 0) is 25.9 Å². The number of β-amino-alcohol motifs (C(OH)–C–C–N with tert-alkyl or cyclic N) is 1. The van der Waals surface area contributed by atoms with Crippen molar-refractivity contribution in [1.29, 1.82) is 0 Å². The van der Waals surface area contributed by atoms with Crippen LogP contribution in [0.15, 0.2) is 36.5 Å². The molecular weight excluding hydrogens is 312 g/mol. The molecule has 3 rings (SSSR count). The number of rotatable bonds is 7. The average molecular weight is 340 g/mol. The van der Waals surface area contributed by atoms with Gasteiger partial charge in [0.2, 0.25) is 0 Å². The first-order valence-electron chi connectivity index (χ1n) is 9.10. The Morgan fingerprint density at radius 2 is 2.08 bits per heavy atom. The van der Waals surface area contributed by atoms with E-state index in [1.54, 1.807) is 0 Å². The van der Waals surface area contributed by atoms with E-state index in [0.29, 0.717) is 13.1 Å². The summed E-state index contributed by atoms with van der Waals surface area (Å²) >= 11 is 0. The predicted octanol–water partition coefficient (Wildman–Crippen LogP) is 1.89. The van der Waals surface area contributed by atoms with E-state index in [1.165, 1.54) is 11.1 Å². The molecule has 1 aromatic carbocycles. The number of hydrogen-bond donors (Lipinski definition) is 1. The minimum Gasteiger partial charge on any atom is -0.390 e. The number of fused-ring (bicyclic) bond motifs is 1. The maximum atomic E-state index is 10.5. The summed E-state index contributed by atoms with van der Waals surface area (Å²) < 4.78 is 0. The van der Waals surface area contributed by atoms with Crippen LogP contribution in [0.25, 0.3) is 0 Å². The molecule has 0 aliphatic carbocycles. The van der Waals surface area contributed by atoms with Crippen LogP contribution < -0.4 is 0 Å². The molecule has 5 nitrogen and oxygen atoms in total. The van der Waals surface area contributed by atoms with Crippen molar-refractivity contribution in [2.24, 2.45) is 0 Å². The molecule has 2 heterocycles. The van der Waals surface area contributed by atoms with Crippen LogP contribution in [-0.4, -0.2) is 57.7 Å². The monoisotopic (exact) mass is 340 g/mol. The molecule has 25 heavy (non-hydrogen) atoms. The Bertz CT molecular complexity index is 677. The van der Waals surface area contributed by atoms with Crippen LogP contribution in [0.1, 0.15) is 29.6 Å². The molecular formula is C20H28N4O. The highest BCUT2D eigenvalue weighted by atomic mass is 16.3. The quantitative estimate of drug-likeness (QED) is 0.834. The fourth-order valence-electron chi connectivity index (χ4n) is 3.40. The highest BCUT2D eigenvalue weighted by Gasteiger charge is 2.21. The van der Waals surface area contributed by atoms with Gasteiger partial charge in [0.25, 0.3) is 0 Å². The second-order valence-electron chi connectivity index (χ2n) is 6.93. The first-order chi connectivity index (χ1) is 12.1. The van der Waals surface area contributed by atoms with Gasteiger partial charge in [0.1, 0.15) is 5.82 Å². The lowest BCUT2D eigenvalue weighted by molar-refractivity contribution is 0.0742. The lowest BCUT2D eigenvalue weighted by atomic mass is 10.1. The summed E-state index contributed by atoms with van der Waals surface area (Å²) in [6.07, 6.45) is 3.44. The minimum atomic E-state index is -0.359. The zero-order valence-electron chi connectivity index (χ0n) is 15.2. The van der Waals surface area contributed by atoms with Crippen molar-refractivity contribution in [1.82, 2.24) is 19.8 Å². The van der Waals surface area contributed by atoms with Gasteiger partial charge >= 0.3 is 0 Å². The van der Waals surface area contributed by atoms with Gasteiger partial charge in [-0.3, -0.25) is 9.80 Å². The van der Waals surface area contributed by atoms with Crippen LogP contribution in [0.5, 0.6) is 0 Å². The molecule has 0 unspecified atom stereocenters. The molecule has 1 aliphatic heterocycles. The highest BCUT2D eigenvalue weighted by Crippen LogP contribution is 2.17. The molecule has 0 saturated heterocycles. The van der Waals surface area contributed by atoms with E-state index in [9.17, 15) is 5.11 Å². The van der Waals surface area contributed by atoms with Crippen molar-refractivity contribution in [3.8, 4) is 0 Å². The number of aliphatic hydroxyl groups excluding tert-OH is 1. The summed E-state index contributed by atoms with van der Waals surface area (Å²) in [4.78, 5) is 13.5. The van der Waals surface area contributed by atoms with Gasteiger partial charge in [0, 0.05) is 45.3 Å². The Morgan fingerprint density at radius 1 is 1.28 bits per heavy atom. The Morgan fingerprint density at radius 3 is 2.84 bits per heavy atom. The number of aromatic nitrogens is 2. The molecule has 1 N–H and O–H groups in total. The smallest absolute Gasteiger partial charge is 0.128 e. The predicted molar refractivity (Wildman–Crippen MR) is 99.2 cm³/mol. The fourth-order valence-corrected chi connectivity index (χ4v) is 3.40. The summed E-state index contributed by atoms with van der Waals surface area (Å²) in [5.74, 6) is 0.906. The molecule has 1 aromatic heterocycles. The lowest BCUT2D eigenvalue weighted by Gasteiger charge is -2.31. The van der Waals surface area contributed by atoms with Gasteiger partial charge in [-0.15, -0.1) is 0 Å². The van der Waals surface area contributed by atoms with E-state index in [1.807, 2.05) is 12.3 Å². The van der Waals surface area contributed by atoms with Gasteiger partial charge in [-0.05, 0) is 24.6 Å². The SMILES string of the molecule is CCc1ncc2c(n1)CN(C[C@@H](O)CN(C)Cc1ccccc1)CC2. The molecule has 0 saturated carbocycles. The Hall–Kier alpha value is -1.82. The summed E-state index contributed by atoms with van der Waals surface area (Å²) in [6, 6.07) is 10.4. The van der Waals surface area contributed by atoms with E-state index in [4.69, 9.17) is 0 Å². The molecule has 0 radical (unpaired) electrons. The van der Waals surface area contributed by atoms with E-state index in [0.717, 1.165) is 44.0 Å². The molecule has 0 spiro atoms. The summed E-state index contributed by atoms with van der Waals surface area (Å²) in [5, 5.41) is 10.5. The van der Waals surface area contributed by atoms with Crippen LogP contribution in [0.3, 0.4) is 0 Å². The maximum absolute atomic E-state index is 10.5. The Kier molecular flexibility index (Phi) is 6.13. The van der Waals surface area contributed by atoms with Crippen LogP contribution in [0, 0.1) is 0 Å². The van der Waals surface area contributed by atoms with Crippen LogP contribution in [0.2, 0.25) is 0 Å². The van der Waals surface area contributed by atoms with E-state index in [-0.39, 0.29) is 6.10 Å². The number of aliphatic hydroxyl groups is 1. The second kappa shape index (κ2) is 8.52. The molecule has 0 fully saturated rings. The number of aryl methyl sites for hydroxylation is 1. The van der Waals surface area contributed by atoms with Gasteiger partial charge in [-0.1, -0.05) is 37.3 Å². The standard InChI is InChI=1S/C20H28N4O/c1-3-20-21-11-17-9-10-24(15-19(17)22-20)14-18(25)13-23(2)12-16-7-5-4-6-8-16/h4-8,11,18,25H,3,9-10,12-15H2,1-2H3/t18-/m0/s1. The maximum Gasteiger partial charge on any atom is 0.128 e. The molecule has 5 heteroatoms. The van der Waals surface area contributed by atoms with Crippen molar-refractivity contribution in [3.05, 3.63) is 59.2 Å². The van der Waals surface area contributed by atoms with Crippen molar-refractivity contribution < 1.29 is 5.11 Å². The van der Waals surface area contributed by atoms with Gasteiger partial charge in [-0.2, -0.15) is 0 Å². The second-order valence-corrected chi connectivity index (χ2v) is 6.93. The van der Waals surface area contributed by atoms with E-state index in [2.05, 4.69) is 58.0 Å². The summed E-state index contributed by atoms with van der Waals surface area (Å²) in [5.41, 5.74) is 3.65. The summed E-state index contributed by atoms with van der Waals surface area (Å²) in [6.45, 7) is 6.06. The molecule has 0 amide bonds.